The predicted octanol–water partition coefficient (Wildman–Crippen LogP) is 2.17. The number of carbonyl (C=O) groups is 2. The van der Waals surface area contributed by atoms with E-state index < -0.39 is 5.60 Å². The van der Waals surface area contributed by atoms with Crippen LogP contribution in [-0.2, 0) is 14.3 Å². The number of rotatable bonds is 2. The second-order valence-electron chi connectivity index (χ2n) is 4.89. The van der Waals surface area contributed by atoms with E-state index in [4.69, 9.17) is 4.74 Å². The number of ketones is 1. The zero-order valence-corrected chi connectivity index (χ0v) is 9.66. The SMILES string of the molecule is CC(=O)/C=C/[C@]12C=CCC[C@@]1(C)CC(=O)O2. The van der Waals surface area contributed by atoms with Gasteiger partial charge in [-0.25, -0.2) is 0 Å². The maximum Gasteiger partial charge on any atom is 0.307 e. The molecule has 86 valence electrons. The molecule has 1 aliphatic heterocycles. The van der Waals surface area contributed by atoms with Gasteiger partial charge in [-0.05, 0) is 38.0 Å². The van der Waals surface area contributed by atoms with Gasteiger partial charge >= 0.3 is 5.97 Å². The predicted molar refractivity (Wildman–Crippen MR) is 59.7 cm³/mol. The van der Waals surface area contributed by atoms with E-state index in [1.165, 1.54) is 13.0 Å². The first-order chi connectivity index (χ1) is 7.47. The van der Waals surface area contributed by atoms with Crippen LogP contribution in [0.4, 0.5) is 0 Å². The number of fused-ring (bicyclic) bond motifs is 1. The van der Waals surface area contributed by atoms with Crippen LogP contribution in [0.15, 0.2) is 24.3 Å². The lowest BCUT2D eigenvalue weighted by atomic mass is 9.67. The van der Waals surface area contributed by atoms with Gasteiger partial charge in [-0.15, -0.1) is 0 Å². The Hall–Kier alpha value is -1.38. The smallest absolute Gasteiger partial charge is 0.307 e. The van der Waals surface area contributed by atoms with Crippen molar-refractivity contribution in [1.82, 2.24) is 0 Å². The molecule has 0 aromatic carbocycles. The number of hydrogen-bond donors (Lipinski definition) is 0. The molecule has 0 aromatic heterocycles. The van der Waals surface area contributed by atoms with Crippen molar-refractivity contribution in [3.05, 3.63) is 24.3 Å². The number of hydrogen-bond acceptors (Lipinski definition) is 3. The second-order valence-corrected chi connectivity index (χ2v) is 4.89. The summed E-state index contributed by atoms with van der Waals surface area (Å²) in [5.74, 6) is -0.208. The molecule has 1 saturated heterocycles. The molecule has 0 unspecified atom stereocenters. The number of allylic oxidation sites excluding steroid dienone is 2. The van der Waals surface area contributed by atoms with Crippen LogP contribution >= 0.6 is 0 Å². The zero-order valence-electron chi connectivity index (χ0n) is 9.66. The van der Waals surface area contributed by atoms with Gasteiger partial charge in [-0.3, -0.25) is 9.59 Å². The molecule has 2 aliphatic rings. The molecule has 1 aliphatic carbocycles. The fourth-order valence-corrected chi connectivity index (χ4v) is 2.52. The number of carbonyl (C=O) groups excluding carboxylic acids is 2. The molecule has 0 spiro atoms. The Morgan fingerprint density at radius 1 is 1.56 bits per heavy atom. The first-order valence-electron chi connectivity index (χ1n) is 5.57. The van der Waals surface area contributed by atoms with E-state index in [0.29, 0.717) is 6.42 Å². The fraction of sp³-hybridized carbons (Fsp3) is 0.538. The highest BCUT2D eigenvalue weighted by atomic mass is 16.6. The Morgan fingerprint density at radius 3 is 3.00 bits per heavy atom. The van der Waals surface area contributed by atoms with Gasteiger partial charge in [-0.2, -0.15) is 0 Å². The van der Waals surface area contributed by atoms with Gasteiger partial charge in [0, 0.05) is 5.41 Å². The van der Waals surface area contributed by atoms with Crippen molar-refractivity contribution in [3.8, 4) is 0 Å². The van der Waals surface area contributed by atoms with Crippen molar-refractivity contribution >= 4 is 11.8 Å². The van der Waals surface area contributed by atoms with E-state index in [9.17, 15) is 9.59 Å². The second kappa shape index (κ2) is 3.58. The summed E-state index contributed by atoms with van der Waals surface area (Å²) in [6.07, 6.45) is 9.47. The summed E-state index contributed by atoms with van der Waals surface area (Å²) in [4.78, 5) is 22.5. The van der Waals surface area contributed by atoms with E-state index in [1.807, 2.05) is 19.1 Å². The monoisotopic (exact) mass is 220 g/mol. The van der Waals surface area contributed by atoms with Crippen LogP contribution in [0, 0.1) is 5.41 Å². The van der Waals surface area contributed by atoms with Crippen LogP contribution < -0.4 is 0 Å². The molecular weight excluding hydrogens is 204 g/mol. The van der Waals surface area contributed by atoms with Crippen LogP contribution in [0.3, 0.4) is 0 Å². The van der Waals surface area contributed by atoms with Crippen LogP contribution in [-0.4, -0.2) is 17.4 Å². The van der Waals surface area contributed by atoms with E-state index >= 15 is 0 Å². The number of ether oxygens (including phenoxy) is 1. The van der Waals surface area contributed by atoms with Crippen molar-refractivity contribution in [1.29, 1.82) is 0 Å². The normalized spacial score (nSPS) is 37.5. The first kappa shape index (κ1) is 11.1. The van der Waals surface area contributed by atoms with Gasteiger partial charge in [0.2, 0.25) is 0 Å². The van der Waals surface area contributed by atoms with Crippen LogP contribution in [0.25, 0.3) is 0 Å². The van der Waals surface area contributed by atoms with Crippen molar-refractivity contribution in [2.24, 2.45) is 5.41 Å². The van der Waals surface area contributed by atoms with Gasteiger partial charge in [0.1, 0.15) is 0 Å². The molecule has 1 heterocycles. The molecule has 16 heavy (non-hydrogen) atoms. The first-order valence-corrected chi connectivity index (χ1v) is 5.57. The van der Waals surface area contributed by atoms with Gasteiger partial charge in [0.25, 0.3) is 0 Å². The average Bonchev–Trinajstić information content (AvgIpc) is 2.45. The standard InChI is InChI=1S/C13H16O3/c1-10(14)5-8-13-7-4-3-6-12(13,2)9-11(15)16-13/h4-5,7-8H,3,6,9H2,1-2H3/b8-5+/t12-,13+/m0/s1. The molecule has 1 fully saturated rings. The molecule has 2 atom stereocenters. The molecule has 0 N–H and O–H groups in total. The van der Waals surface area contributed by atoms with Crippen LogP contribution in [0.1, 0.15) is 33.1 Å². The van der Waals surface area contributed by atoms with Crippen molar-refractivity contribution in [2.75, 3.05) is 0 Å². The Bertz CT molecular complexity index is 394. The summed E-state index contributed by atoms with van der Waals surface area (Å²) < 4.78 is 5.44. The Balaban J connectivity index is 2.40. The lowest BCUT2D eigenvalue weighted by Crippen LogP contribution is -2.41. The van der Waals surface area contributed by atoms with Gasteiger partial charge in [0.05, 0.1) is 6.42 Å². The van der Waals surface area contributed by atoms with E-state index in [-0.39, 0.29) is 17.2 Å². The van der Waals surface area contributed by atoms with E-state index in [2.05, 4.69) is 0 Å². The summed E-state index contributed by atoms with van der Waals surface area (Å²) >= 11 is 0. The van der Waals surface area contributed by atoms with Crippen molar-refractivity contribution in [3.63, 3.8) is 0 Å². The summed E-state index contributed by atoms with van der Waals surface area (Å²) in [5.41, 5.74) is -0.904. The lowest BCUT2D eigenvalue weighted by molar-refractivity contribution is -0.144. The minimum absolute atomic E-state index is 0.0290. The largest absolute Gasteiger partial charge is 0.450 e. The Morgan fingerprint density at radius 2 is 2.31 bits per heavy atom. The Kier molecular flexibility index (Phi) is 2.49. The molecule has 3 heteroatoms. The quantitative estimate of drug-likeness (QED) is 0.407. The number of esters is 1. The molecule has 2 rings (SSSR count). The average molecular weight is 220 g/mol. The Labute approximate surface area is 95.2 Å². The molecule has 0 saturated carbocycles. The van der Waals surface area contributed by atoms with Crippen LogP contribution in [0.2, 0.25) is 0 Å². The molecular formula is C13H16O3. The molecule has 3 nitrogen and oxygen atoms in total. The third-order valence-corrected chi connectivity index (χ3v) is 3.55. The highest BCUT2D eigenvalue weighted by Crippen LogP contribution is 2.51. The zero-order chi connectivity index (χ0) is 11.8. The highest BCUT2D eigenvalue weighted by Gasteiger charge is 2.55. The maximum absolute atomic E-state index is 11.5. The summed E-state index contributed by atoms with van der Waals surface area (Å²) in [6.45, 7) is 3.54. The minimum Gasteiger partial charge on any atom is -0.450 e. The van der Waals surface area contributed by atoms with Crippen molar-refractivity contribution < 1.29 is 14.3 Å². The van der Waals surface area contributed by atoms with Gasteiger partial charge in [0.15, 0.2) is 11.4 Å². The molecule has 0 radical (unpaired) electrons. The lowest BCUT2D eigenvalue weighted by Gasteiger charge is -2.39. The summed E-state index contributed by atoms with van der Waals surface area (Å²) in [5, 5.41) is 0. The summed E-state index contributed by atoms with van der Waals surface area (Å²) in [6, 6.07) is 0. The topological polar surface area (TPSA) is 43.4 Å². The van der Waals surface area contributed by atoms with Crippen molar-refractivity contribution in [2.45, 2.75) is 38.7 Å². The van der Waals surface area contributed by atoms with E-state index in [0.717, 1.165) is 12.8 Å². The maximum atomic E-state index is 11.5. The highest BCUT2D eigenvalue weighted by molar-refractivity contribution is 5.87. The fourth-order valence-electron chi connectivity index (χ4n) is 2.52. The molecule has 0 amide bonds. The molecule has 0 aromatic rings. The molecule has 0 bridgehead atoms. The third kappa shape index (κ3) is 1.60. The van der Waals surface area contributed by atoms with Crippen LogP contribution in [0.5, 0.6) is 0 Å². The van der Waals surface area contributed by atoms with Gasteiger partial charge in [-0.1, -0.05) is 13.0 Å². The van der Waals surface area contributed by atoms with E-state index in [1.54, 1.807) is 6.08 Å². The third-order valence-electron chi connectivity index (χ3n) is 3.55. The summed E-state index contributed by atoms with van der Waals surface area (Å²) in [7, 11) is 0. The minimum atomic E-state index is -0.700. The van der Waals surface area contributed by atoms with Gasteiger partial charge < -0.3 is 4.74 Å².